The molecular formula is C13H22N2O3. The standard InChI is InChI=1S/C13H22N2O3/c1-2-18-13-4-3-12(14)9-11(13)10-15(5-7-16)6-8-17/h3-4,9,16-17H,2,5-8,10,14H2,1H3. The van der Waals surface area contributed by atoms with E-state index in [1.54, 1.807) is 6.07 Å². The zero-order chi connectivity index (χ0) is 13.4. The average Bonchev–Trinajstić information content (AvgIpc) is 2.33. The Hall–Kier alpha value is -1.30. The van der Waals surface area contributed by atoms with Crippen LogP contribution in [-0.2, 0) is 6.54 Å². The van der Waals surface area contributed by atoms with Crippen LogP contribution in [-0.4, -0.2) is 48.0 Å². The first-order valence-corrected chi connectivity index (χ1v) is 6.16. The van der Waals surface area contributed by atoms with Crippen molar-refractivity contribution in [1.29, 1.82) is 0 Å². The Morgan fingerprint density at radius 3 is 2.44 bits per heavy atom. The molecule has 1 aromatic rings. The number of nitrogens with zero attached hydrogens (tertiary/aromatic N) is 1. The Balaban J connectivity index is 2.81. The van der Waals surface area contributed by atoms with E-state index in [9.17, 15) is 0 Å². The van der Waals surface area contributed by atoms with E-state index in [2.05, 4.69) is 0 Å². The summed E-state index contributed by atoms with van der Waals surface area (Å²) in [5.74, 6) is 0.799. The number of hydrogen-bond acceptors (Lipinski definition) is 5. The summed E-state index contributed by atoms with van der Waals surface area (Å²) in [7, 11) is 0. The highest BCUT2D eigenvalue weighted by Gasteiger charge is 2.10. The number of anilines is 1. The second-order valence-corrected chi connectivity index (χ2v) is 4.02. The molecule has 0 fully saturated rings. The molecule has 0 saturated heterocycles. The van der Waals surface area contributed by atoms with Gasteiger partial charge in [0.15, 0.2) is 0 Å². The number of nitrogen functional groups attached to an aromatic ring is 1. The number of rotatable bonds is 8. The normalized spacial score (nSPS) is 10.9. The lowest BCUT2D eigenvalue weighted by atomic mass is 10.1. The summed E-state index contributed by atoms with van der Waals surface area (Å²) < 4.78 is 5.54. The Morgan fingerprint density at radius 1 is 1.22 bits per heavy atom. The van der Waals surface area contributed by atoms with Crippen LogP contribution in [0.4, 0.5) is 5.69 Å². The SMILES string of the molecule is CCOc1ccc(N)cc1CN(CCO)CCO. The van der Waals surface area contributed by atoms with Crippen LogP contribution in [0.15, 0.2) is 18.2 Å². The molecule has 0 atom stereocenters. The molecule has 0 bridgehead atoms. The molecule has 0 saturated carbocycles. The first-order valence-electron chi connectivity index (χ1n) is 6.16. The van der Waals surface area contributed by atoms with Gasteiger partial charge in [0.05, 0.1) is 19.8 Å². The van der Waals surface area contributed by atoms with Gasteiger partial charge in [0, 0.05) is 30.9 Å². The summed E-state index contributed by atoms with van der Waals surface area (Å²) in [6.07, 6.45) is 0. The van der Waals surface area contributed by atoms with Crippen molar-refractivity contribution in [2.24, 2.45) is 0 Å². The highest BCUT2D eigenvalue weighted by Crippen LogP contribution is 2.23. The van der Waals surface area contributed by atoms with Crippen LogP contribution < -0.4 is 10.5 Å². The van der Waals surface area contributed by atoms with Gasteiger partial charge >= 0.3 is 0 Å². The van der Waals surface area contributed by atoms with E-state index in [-0.39, 0.29) is 13.2 Å². The second-order valence-electron chi connectivity index (χ2n) is 4.02. The lowest BCUT2D eigenvalue weighted by Crippen LogP contribution is -2.29. The number of aliphatic hydroxyl groups excluding tert-OH is 2. The summed E-state index contributed by atoms with van der Waals surface area (Å²) in [4.78, 5) is 1.96. The molecule has 0 aromatic heterocycles. The first kappa shape index (κ1) is 14.8. The lowest BCUT2D eigenvalue weighted by Gasteiger charge is -2.22. The van der Waals surface area contributed by atoms with Crippen molar-refractivity contribution in [3.8, 4) is 5.75 Å². The Kier molecular flexibility index (Phi) is 6.49. The molecule has 5 heteroatoms. The van der Waals surface area contributed by atoms with Crippen molar-refractivity contribution >= 4 is 5.69 Å². The molecule has 0 aliphatic heterocycles. The van der Waals surface area contributed by atoms with Gasteiger partial charge in [-0.2, -0.15) is 0 Å². The van der Waals surface area contributed by atoms with Gasteiger partial charge in [0.2, 0.25) is 0 Å². The van der Waals surface area contributed by atoms with Crippen molar-refractivity contribution in [1.82, 2.24) is 4.90 Å². The molecular weight excluding hydrogens is 232 g/mol. The summed E-state index contributed by atoms with van der Waals surface area (Å²) in [5, 5.41) is 18.0. The van der Waals surface area contributed by atoms with E-state index in [0.717, 1.165) is 11.3 Å². The van der Waals surface area contributed by atoms with Crippen LogP contribution in [0.2, 0.25) is 0 Å². The minimum Gasteiger partial charge on any atom is -0.494 e. The highest BCUT2D eigenvalue weighted by molar-refractivity contribution is 5.47. The number of benzene rings is 1. The van der Waals surface area contributed by atoms with E-state index >= 15 is 0 Å². The van der Waals surface area contributed by atoms with Gasteiger partial charge in [-0.1, -0.05) is 0 Å². The fourth-order valence-electron chi connectivity index (χ4n) is 1.81. The lowest BCUT2D eigenvalue weighted by molar-refractivity contribution is 0.154. The van der Waals surface area contributed by atoms with Crippen LogP contribution in [0.1, 0.15) is 12.5 Å². The smallest absolute Gasteiger partial charge is 0.123 e. The topological polar surface area (TPSA) is 79.0 Å². The molecule has 0 radical (unpaired) electrons. The van der Waals surface area contributed by atoms with E-state index in [1.807, 2.05) is 24.0 Å². The van der Waals surface area contributed by atoms with Gasteiger partial charge in [-0.25, -0.2) is 0 Å². The molecule has 4 N–H and O–H groups in total. The minimum atomic E-state index is 0.0618. The van der Waals surface area contributed by atoms with E-state index < -0.39 is 0 Å². The van der Waals surface area contributed by atoms with Crippen LogP contribution in [0.25, 0.3) is 0 Å². The van der Waals surface area contributed by atoms with Crippen molar-refractivity contribution < 1.29 is 14.9 Å². The second kappa shape index (κ2) is 7.92. The summed E-state index contributed by atoms with van der Waals surface area (Å²) >= 11 is 0. The third-order valence-electron chi connectivity index (χ3n) is 2.61. The summed E-state index contributed by atoms with van der Waals surface area (Å²) in [6.45, 7) is 4.28. The summed E-state index contributed by atoms with van der Waals surface area (Å²) in [6, 6.07) is 5.52. The predicted octanol–water partition coefficient (Wildman–Crippen LogP) is 0.454. The molecule has 0 amide bonds. The van der Waals surface area contributed by atoms with Crippen molar-refractivity contribution in [2.45, 2.75) is 13.5 Å². The fraction of sp³-hybridized carbons (Fsp3) is 0.538. The quantitative estimate of drug-likeness (QED) is 0.587. The Morgan fingerprint density at radius 2 is 1.89 bits per heavy atom. The Bertz CT molecular complexity index is 352. The molecule has 18 heavy (non-hydrogen) atoms. The fourth-order valence-corrected chi connectivity index (χ4v) is 1.81. The molecule has 1 rings (SSSR count). The van der Waals surface area contributed by atoms with Gasteiger partial charge < -0.3 is 20.7 Å². The number of nitrogens with two attached hydrogens (primary N) is 1. The van der Waals surface area contributed by atoms with E-state index in [1.165, 1.54) is 0 Å². The molecule has 0 heterocycles. The van der Waals surface area contributed by atoms with Crippen molar-refractivity contribution in [3.63, 3.8) is 0 Å². The van der Waals surface area contributed by atoms with Crippen molar-refractivity contribution in [2.75, 3.05) is 38.6 Å². The third-order valence-corrected chi connectivity index (χ3v) is 2.61. The average molecular weight is 254 g/mol. The predicted molar refractivity (Wildman–Crippen MR) is 71.5 cm³/mol. The number of ether oxygens (including phenoxy) is 1. The van der Waals surface area contributed by atoms with E-state index in [0.29, 0.717) is 31.9 Å². The molecule has 5 nitrogen and oxygen atoms in total. The largest absolute Gasteiger partial charge is 0.494 e. The highest BCUT2D eigenvalue weighted by atomic mass is 16.5. The van der Waals surface area contributed by atoms with Crippen LogP contribution in [0.3, 0.4) is 0 Å². The molecule has 1 aromatic carbocycles. The van der Waals surface area contributed by atoms with Gasteiger partial charge in [0.25, 0.3) is 0 Å². The molecule has 102 valence electrons. The van der Waals surface area contributed by atoms with Crippen molar-refractivity contribution in [3.05, 3.63) is 23.8 Å². The van der Waals surface area contributed by atoms with Gasteiger partial charge in [-0.15, -0.1) is 0 Å². The van der Waals surface area contributed by atoms with Crippen LogP contribution in [0.5, 0.6) is 5.75 Å². The third kappa shape index (κ3) is 4.52. The minimum absolute atomic E-state index is 0.0618. The monoisotopic (exact) mass is 254 g/mol. The zero-order valence-corrected chi connectivity index (χ0v) is 10.8. The van der Waals surface area contributed by atoms with Gasteiger partial charge in [-0.05, 0) is 25.1 Å². The van der Waals surface area contributed by atoms with Crippen LogP contribution in [0, 0.1) is 0 Å². The number of aliphatic hydroxyl groups is 2. The summed E-state index contributed by atoms with van der Waals surface area (Å²) in [5.41, 5.74) is 7.43. The maximum atomic E-state index is 8.99. The first-order chi connectivity index (χ1) is 8.71. The molecule has 0 spiro atoms. The molecule has 0 aliphatic carbocycles. The molecule has 0 unspecified atom stereocenters. The van der Waals surface area contributed by atoms with E-state index in [4.69, 9.17) is 20.7 Å². The van der Waals surface area contributed by atoms with Gasteiger partial charge in [0.1, 0.15) is 5.75 Å². The Labute approximate surface area is 108 Å². The zero-order valence-electron chi connectivity index (χ0n) is 10.8. The van der Waals surface area contributed by atoms with Gasteiger partial charge in [-0.3, -0.25) is 4.90 Å². The molecule has 0 aliphatic rings. The maximum absolute atomic E-state index is 8.99. The van der Waals surface area contributed by atoms with Crippen LogP contribution >= 0.6 is 0 Å². The number of hydrogen-bond donors (Lipinski definition) is 3. The maximum Gasteiger partial charge on any atom is 0.123 e.